The number of ether oxygens (including phenoxy) is 5. The van der Waals surface area contributed by atoms with Crippen molar-refractivity contribution in [2.75, 3.05) is 66.1 Å². The number of carbonyl (C=O) groups excluding carboxylic acids is 2. The average molecular weight is 527 g/mol. The SMILES string of the molecule is CC(C)C1CC(=O)N(Cc2cn(CCOCCOCCOCCOCCOCCC(C)(C)C)nn2)C1=O. The molecule has 1 aliphatic rings. The van der Waals surface area contributed by atoms with Gasteiger partial charge in [0.15, 0.2) is 0 Å². The third kappa shape index (κ3) is 12.9. The Morgan fingerprint density at radius 2 is 1.38 bits per heavy atom. The number of aromatic nitrogens is 3. The first-order valence-electron chi connectivity index (χ1n) is 13.3. The first-order valence-corrected chi connectivity index (χ1v) is 13.3. The fourth-order valence-corrected chi connectivity index (χ4v) is 3.60. The van der Waals surface area contributed by atoms with Crippen LogP contribution < -0.4 is 0 Å². The van der Waals surface area contributed by atoms with Gasteiger partial charge >= 0.3 is 0 Å². The monoisotopic (exact) mass is 526 g/mol. The highest BCUT2D eigenvalue weighted by Gasteiger charge is 2.40. The molecule has 0 bridgehead atoms. The van der Waals surface area contributed by atoms with E-state index in [-0.39, 0.29) is 36.6 Å². The number of carbonyl (C=O) groups is 2. The lowest BCUT2D eigenvalue weighted by Crippen LogP contribution is -2.31. The first-order chi connectivity index (χ1) is 17.7. The molecule has 1 aromatic rings. The lowest BCUT2D eigenvalue weighted by atomic mass is 9.93. The maximum atomic E-state index is 12.4. The quantitative estimate of drug-likeness (QED) is 0.186. The van der Waals surface area contributed by atoms with Crippen molar-refractivity contribution in [2.24, 2.45) is 17.3 Å². The van der Waals surface area contributed by atoms with Gasteiger partial charge in [0.1, 0.15) is 5.69 Å². The minimum absolute atomic E-state index is 0.121. The summed E-state index contributed by atoms with van der Waals surface area (Å²) in [5.41, 5.74) is 0.884. The molecule has 0 radical (unpaired) electrons. The molecule has 2 amide bonds. The van der Waals surface area contributed by atoms with Crippen LogP contribution in [0.15, 0.2) is 6.20 Å². The number of hydrogen-bond donors (Lipinski definition) is 0. The molecular weight excluding hydrogens is 480 g/mol. The number of likely N-dealkylation sites (tertiary alicyclic amines) is 1. The van der Waals surface area contributed by atoms with Crippen molar-refractivity contribution in [3.63, 3.8) is 0 Å². The van der Waals surface area contributed by atoms with Crippen LogP contribution in [-0.4, -0.2) is 97.8 Å². The standard InChI is InChI=1S/C26H46N4O7/c1-21(2)23-18-24(31)30(25(23)32)20-22-19-29(28-27-22)7-9-34-11-13-36-15-17-37-16-14-35-12-10-33-8-6-26(3,4)5/h19,21,23H,6-18,20H2,1-5H3. The molecule has 1 aromatic heterocycles. The molecule has 0 aromatic carbocycles. The van der Waals surface area contributed by atoms with E-state index < -0.39 is 0 Å². The second kappa shape index (κ2) is 16.8. The van der Waals surface area contributed by atoms with E-state index in [1.807, 2.05) is 13.8 Å². The van der Waals surface area contributed by atoms with Crippen molar-refractivity contribution < 1.29 is 33.3 Å². The molecule has 1 unspecified atom stereocenters. The molecule has 1 atom stereocenters. The van der Waals surface area contributed by atoms with E-state index in [0.29, 0.717) is 77.1 Å². The van der Waals surface area contributed by atoms with Gasteiger partial charge in [-0.1, -0.05) is 39.8 Å². The van der Waals surface area contributed by atoms with Crippen LogP contribution in [0.2, 0.25) is 0 Å². The van der Waals surface area contributed by atoms with E-state index >= 15 is 0 Å². The van der Waals surface area contributed by atoms with Crippen molar-refractivity contribution in [3.8, 4) is 0 Å². The molecule has 1 fully saturated rings. The van der Waals surface area contributed by atoms with E-state index in [1.54, 1.807) is 10.9 Å². The lowest BCUT2D eigenvalue weighted by Gasteiger charge is -2.17. The molecule has 0 saturated carbocycles. The summed E-state index contributed by atoms with van der Waals surface area (Å²) in [5.74, 6) is -0.362. The van der Waals surface area contributed by atoms with E-state index in [4.69, 9.17) is 23.7 Å². The largest absolute Gasteiger partial charge is 0.379 e. The van der Waals surface area contributed by atoms with Gasteiger partial charge in [-0.15, -0.1) is 5.10 Å². The van der Waals surface area contributed by atoms with Crippen molar-refractivity contribution in [2.45, 2.75) is 60.5 Å². The Bertz CT molecular complexity index is 794. The maximum Gasteiger partial charge on any atom is 0.233 e. The smallest absolute Gasteiger partial charge is 0.233 e. The average Bonchev–Trinajstić information content (AvgIpc) is 3.39. The van der Waals surface area contributed by atoms with Crippen LogP contribution in [-0.2, 0) is 46.4 Å². The molecule has 2 rings (SSSR count). The van der Waals surface area contributed by atoms with Crippen molar-refractivity contribution >= 4 is 11.8 Å². The summed E-state index contributed by atoms with van der Waals surface area (Å²) in [4.78, 5) is 25.9. The van der Waals surface area contributed by atoms with Crippen LogP contribution in [0.4, 0.5) is 0 Å². The second-order valence-corrected chi connectivity index (χ2v) is 10.7. The third-order valence-electron chi connectivity index (χ3n) is 5.94. The Hall–Kier alpha value is -1.92. The Labute approximate surface area is 221 Å². The molecule has 37 heavy (non-hydrogen) atoms. The summed E-state index contributed by atoms with van der Waals surface area (Å²) in [6.45, 7) is 16.6. The molecule has 1 aliphatic heterocycles. The minimum Gasteiger partial charge on any atom is -0.379 e. The Kier molecular flexibility index (Phi) is 14.2. The fraction of sp³-hybridized carbons (Fsp3) is 0.846. The Morgan fingerprint density at radius 1 is 0.865 bits per heavy atom. The van der Waals surface area contributed by atoms with E-state index in [1.165, 1.54) is 4.90 Å². The fourth-order valence-electron chi connectivity index (χ4n) is 3.60. The molecule has 2 heterocycles. The van der Waals surface area contributed by atoms with Crippen LogP contribution in [0.25, 0.3) is 0 Å². The summed E-state index contributed by atoms with van der Waals surface area (Å²) >= 11 is 0. The van der Waals surface area contributed by atoms with Gasteiger partial charge in [0.05, 0.1) is 78.7 Å². The number of imide groups is 1. The van der Waals surface area contributed by atoms with Gasteiger partial charge in [0.2, 0.25) is 11.8 Å². The molecule has 11 nitrogen and oxygen atoms in total. The minimum atomic E-state index is -0.238. The summed E-state index contributed by atoms with van der Waals surface area (Å²) in [7, 11) is 0. The van der Waals surface area contributed by atoms with Crippen molar-refractivity contribution in [1.29, 1.82) is 0 Å². The first kappa shape index (κ1) is 31.3. The summed E-state index contributed by atoms with van der Waals surface area (Å²) < 4.78 is 29.2. The van der Waals surface area contributed by atoms with Crippen LogP contribution in [0.1, 0.15) is 53.2 Å². The zero-order valence-electron chi connectivity index (χ0n) is 23.3. The zero-order valence-corrected chi connectivity index (χ0v) is 23.3. The van der Waals surface area contributed by atoms with Gasteiger partial charge in [-0.3, -0.25) is 14.5 Å². The maximum absolute atomic E-state index is 12.4. The number of rotatable bonds is 20. The van der Waals surface area contributed by atoms with Gasteiger partial charge < -0.3 is 23.7 Å². The highest BCUT2D eigenvalue weighted by atomic mass is 16.6. The second-order valence-electron chi connectivity index (χ2n) is 10.7. The zero-order chi connectivity index (χ0) is 27.1. The van der Waals surface area contributed by atoms with Gasteiger partial charge in [0.25, 0.3) is 0 Å². The molecular formula is C26H46N4O7. The molecule has 0 aliphatic carbocycles. The van der Waals surface area contributed by atoms with E-state index in [2.05, 4.69) is 31.1 Å². The van der Waals surface area contributed by atoms with Gasteiger partial charge in [0, 0.05) is 18.9 Å². The van der Waals surface area contributed by atoms with Crippen molar-refractivity contribution in [1.82, 2.24) is 19.9 Å². The number of amides is 2. The van der Waals surface area contributed by atoms with Gasteiger partial charge in [-0.25, -0.2) is 4.68 Å². The van der Waals surface area contributed by atoms with Crippen molar-refractivity contribution in [3.05, 3.63) is 11.9 Å². The predicted octanol–water partition coefficient (Wildman–Crippen LogP) is 2.33. The Morgan fingerprint density at radius 3 is 1.86 bits per heavy atom. The number of nitrogens with zero attached hydrogens (tertiary/aromatic N) is 4. The van der Waals surface area contributed by atoms with E-state index in [9.17, 15) is 9.59 Å². The topological polar surface area (TPSA) is 114 Å². The van der Waals surface area contributed by atoms with E-state index in [0.717, 1.165) is 13.0 Å². The van der Waals surface area contributed by atoms with Gasteiger partial charge in [-0.2, -0.15) is 0 Å². The highest BCUT2D eigenvalue weighted by molar-refractivity contribution is 6.03. The van der Waals surface area contributed by atoms with Crippen LogP contribution in [0.3, 0.4) is 0 Å². The van der Waals surface area contributed by atoms with Crippen LogP contribution in [0.5, 0.6) is 0 Å². The molecule has 0 spiro atoms. The normalized spacial score (nSPS) is 16.5. The molecule has 212 valence electrons. The number of hydrogen-bond acceptors (Lipinski definition) is 9. The summed E-state index contributed by atoms with van der Waals surface area (Å²) in [5, 5.41) is 8.13. The third-order valence-corrected chi connectivity index (χ3v) is 5.94. The molecule has 1 saturated heterocycles. The predicted molar refractivity (Wildman–Crippen MR) is 137 cm³/mol. The summed E-state index contributed by atoms with van der Waals surface area (Å²) in [6.07, 6.45) is 3.05. The Balaban J connectivity index is 1.39. The highest BCUT2D eigenvalue weighted by Crippen LogP contribution is 2.27. The molecule has 11 heteroatoms. The van der Waals surface area contributed by atoms with Crippen LogP contribution >= 0.6 is 0 Å². The lowest BCUT2D eigenvalue weighted by molar-refractivity contribution is -0.140. The van der Waals surface area contributed by atoms with Gasteiger partial charge in [-0.05, 0) is 17.8 Å². The van der Waals surface area contributed by atoms with Crippen LogP contribution in [0, 0.1) is 17.3 Å². The molecule has 0 N–H and O–H groups in total. The summed E-state index contributed by atoms with van der Waals surface area (Å²) in [6, 6.07) is 0.